The van der Waals surface area contributed by atoms with Gasteiger partial charge in [-0.2, -0.15) is 0 Å². The summed E-state index contributed by atoms with van der Waals surface area (Å²) in [6.45, 7) is -0.414. The molecule has 0 aromatic heterocycles. The normalized spacial score (nSPS) is 8.75. The minimum absolute atomic E-state index is 0.0683. The minimum Gasteiger partial charge on any atom is -0.454 e. The Morgan fingerprint density at radius 1 is 1.75 bits per heavy atom. The molecule has 0 heterocycles. The number of hydrogen-bond donors (Lipinski definition) is 0. The molecule has 0 saturated carbocycles. The highest BCUT2D eigenvalue weighted by atomic mass is 35.5. The quantitative estimate of drug-likeness (QED) is 0.441. The highest BCUT2D eigenvalue weighted by Gasteiger charge is 1.92. The zero-order chi connectivity index (χ0) is 6.41. The van der Waals surface area contributed by atoms with Gasteiger partial charge in [-0.1, -0.05) is 0 Å². The molecule has 0 spiro atoms. The first-order valence-electron chi connectivity index (χ1n) is 2.15. The highest BCUT2D eigenvalue weighted by molar-refractivity contribution is 6.61. The molecule has 8 heavy (non-hydrogen) atoms. The molecule has 2 nitrogen and oxygen atoms in total. The van der Waals surface area contributed by atoms with E-state index in [4.69, 9.17) is 11.6 Å². The Morgan fingerprint density at radius 2 is 2.38 bits per heavy atom. The fraction of sp³-hybridized carbons (Fsp3) is 0.750. The van der Waals surface area contributed by atoms with Crippen molar-refractivity contribution >= 4 is 17.0 Å². The van der Waals surface area contributed by atoms with Gasteiger partial charge < -0.3 is 4.74 Å². The Labute approximate surface area is 51.6 Å². The van der Waals surface area contributed by atoms with E-state index in [-0.39, 0.29) is 13.0 Å². The summed E-state index contributed by atoms with van der Waals surface area (Å²) in [6.07, 6.45) is 0.221. The molecule has 0 rings (SSSR count). The Balaban J connectivity index is 2.82. The van der Waals surface area contributed by atoms with Crippen LogP contribution in [0.2, 0.25) is 0 Å². The molecule has 48 valence electrons. The molecule has 0 N–H and O–H groups in total. The first-order valence-corrected chi connectivity index (χ1v) is 2.53. The zero-order valence-corrected chi connectivity index (χ0v) is 4.95. The number of halogens is 2. The summed E-state index contributed by atoms with van der Waals surface area (Å²) in [4.78, 5) is 9.74. The Hall–Kier alpha value is -0.310. The first kappa shape index (κ1) is 7.69. The lowest BCUT2D eigenvalue weighted by Gasteiger charge is -1.93. The molecular formula is C4H6ClFO2. The van der Waals surface area contributed by atoms with Crippen LogP contribution in [0.25, 0.3) is 0 Å². The SMILES string of the molecule is O=C(Cl)OCCCF. The summed E-state index contributed by atoms with van der Waals surface area (Å²) in [5.41, 5.74) is -0.876. The van der Waals surface area contributed by atoms with Gasteiger partial charge in [0, 0.05) is 18.0 Å². The second kappa shape index (κ2) is 4.84. The van der Waals surface area contributed by atoms with E-state index in [2.05, 4.69) is 4.74 Å². The van der Waals surface area contributed by atoms with Crippen molar-refractivity contribution in [2.45, 2.75) is 6.42 Å². The molecule has 0 aromatic carbocycles. The van der Waals surface area contributed by atoms with Crippen molar-refractivity contribution < 1.29 is 13.9 Å². The van der Waals surface area contributed by atoms with E-state index in [0.29, 0.717) is 0 Å². The van der Waals surface area contributed by atoms with Crippen LogP contribution in [-0.4, -0.2) is 18.7 Å². The molecule has 0 saturated heterocycles. The molecule has 0 aliphatic heterocycles. The third kappa shape index (κ3) is 5.69. The first-order chi connectivity index (χ1) is 3.77. The van der Waals surface area contributed by atoms with Gasteiger partial charge in [-0.15, -0.1) is 0 Å². The van der Waals surface area contributed by atoms with Crippen molar-refractivity contribution in [1.82, 2.24) is 0 Å². The van der Waals surface area contributed by atoms with Crippen LogP contribution in [0.1, 0.15) is 6.42 Å². The molecule has 0 aliphatic rings. The predicted molar refractivity (Wildman–Crippen MR) is 27.8 cm³/mol. The minimum atomic E-state index is -0.876. The lowest BCUT2D eigenvalue weighted by Crippen LogP contribution is -1.96. The third-order valence-corrected chi connectivity index (χ3v) is 0.603. The molecule has 0 aromatic rings. The monoisotopic (exact) mass is 140 g/mol. The van der Waals surface area contributed by atoms with Crippen LogP contribution in [0.15, 0.2) is 0 Å². The Kier molecular flexibility index (Phi) is 4.65. The maximum absolute atomic E-state index is 11.2. The van der Waals surface area contributed by atoms with Crippen LogP contribution in [0.5, 0.6) is 0 Å². The van der Waals surface area contributed by atoms with E-state index in [1.165, 1.54) is 0 Å². The summed E-state index contributed by atoms with van der Waals surface area (Å²) in [7, 11) is 0. The van der Waals surface area contributed by atoms with Gasteiger partial charge in [0.2, 0.25) is 0 Å². The highest BCUT2D eigenvalue weighted by Crippen LogP contribution is 1.88. The lowest BCUT2D eigenvalue weighted by molar-refractivity contribution is 0.168. The van der Waals surface area contributed by atoms with Gasteiger partial charge in [-0.05, 0) is 0 Å². The van der Waals surface area contributed by atoms with Crippen molar-refractivity contribution in [3.05, 3.63) is 0 Å². The van der Waals surface area contributed by atoms with Crippen LogP contribution in [0.3, 0.4) is 0 Å². The van der Waals surface area contributed by atoms with E-state index in [0.717, 1.165) is 0 Å². The van der Waals surface area contributed by atoms with Crippen molar-refractivity contribution in [3.8, 4) is 0 Å². The fourth-order valence-electron chi connectivity index (χ4n) is 0.207. The maximum atomic E-state index is 11.2. The third-order valence-electron chi connectivity index (χ3n) is 0.494. The summed E-state index contributed by atoms with van der Waals surface area (Å²) >= 11 is 4.73. The Bertz CT molecular complexity index is 76.4. The molecule has 0 radical (unpaired) electrons. The molecule has 0 unspecified atom stereocenters. The van der Waals surface area contributed by atoms with E-state index < -0.39 is 12.1 Å². The summed E-state index contributed by atoms with van der Waals surface area (Å²) in [5.74, 6) is 0. The number of rotatable bonds is 3. The summed E-state index contributed by atoms with van der Waals surface area (Å²) < 4.78 is 15.4. The van der Waals surface area contributed by atoms with Crippen LogP contribution < -0.4 is 0 Å². The second-order valence-electron chi connectivity index (χ2n) is 1.13. The average molecular weight is 141 g/mol. The standard InChI is InChI=1S/C4H6ClFO2/c5-4(7)8-3-1-2-6/h1-3H2. The van der Waals surface area contributed by atoms with Crippen molar-refractivity contribution in [1.29, 1.82) is 0 Å². The van der Waals surface area contributed by atoms with Gasteiger partial charge in [0.05, 0.1) is 13.3 Å². The maximum Gasteiger partial charge on any atom is 0.403 e. The van der Waals surface area contributed by atoms with Gasteiger partial charge in [0.25, 0.3) is 0 Å². The average Bonchev–Trinajstić information content (AvgIpc) is 1.66. The molecule has 0 fully saturated rings. The molecule has 0 atom stereocenters. The van der Waals surface area contributed by atoms with Crippen molar-refractivity contribution in [3.63, 3.8) is 0 Å². The second-order valence-corrected chi connectivity index (χ2v) is 1.44. The van der Waals surface area contributed by atoms with Crippen LogP contribution in [0, 0.1) is 0 Å². The lowest BCUT2D eigenvalue weighted by atomic mass is 10.5. The Morgan fingerprint density at radius 3 is 2.75 bits per heavy atom. The smallest absolute Gasteiger partial charge is 0.403 e. The van der Waals surface area contributed by atoms with Crippen molar-refractivity contribution in [2.75, 3.05) is 13.3 Å². The fourth-order valence-corrected chi connectivity index (χ4v) is 0.284. The van der Waals surface area contributed by atoms with Crippen LogP contribution in [0.4, 0.5) is 9.18 Å². The molecule has 0 aliphatic carbocycles. The van der Waals surface area contributed by atoms with Gasteiger partial charge in [0.15, 0.2) is 0 Å². The summed E-state index contributed by atoms with van der Waals surface area (Å²) in [6, 6.07) is 0. The molecule has 4 heteroatoms. The largest absolute Gasteiger partial charge is 0.454 e. The van der Waals surface area contributed by atoms with E-state index in [9.17, 15) is 9.18 Å². The number of carbonyl (C=O) groups excluding carboxylic acids is 1. The topological polar surface area (TPSA) is 26.3 Å². The van der Waals surface area contributed by atoms with Crippen molar-refractivity contribution in [2.24, 2.45) is 0 Å². The van der Waals surface area contributed by atoms with Gasteiger partial charge in [-0.3, -0.25) is 4.39 Å². The van der Waals surface area contributed by atoms with E-state index in [1.54, 1.807) is 0 Å². The van der Waals surface area contributed by atoms with E-state index >= 15 is 0 Å². The van der Waals surface area contributed by atoms with Crippen LogP contribution in [-0.2, 0) is 4.74 Å². The molecular weight excluding hydrogens is 134 g/mol. The van der Waals surface area contributed by atoms with Crippen LogP contribution >= 0.6 is 11.6 Å². The zero-order valence-electron chi connectivity index (χ0n) is 4.19. The number of alkyl halides is 1. The molecule has 0 amide bonds. The number of hydrogen-bond acceptors (Lipinski definition) is 2. The van der Waals surface area contributed by atoms with Gasteiger partial charge >= 0.3 is 5.43 Å². The predicted octanol–water partition coefficient (Wildman–Crippen LogP) is 1.72. The number of ether oxygens (including phenoxy) is 1. The van der Waals surface area contributed by atoms with Gasteiger partial charge in [0.1, 0.15) is 0 Å². The molecule has 0 bridgehead atoms. The summed E-state index contributed by atoms with van der Waals surface area (Å²) in [5, 5.41) is 0. The van der Waals surface area contributed by atoms with E-state index in [1.807, 2.05) is 0 Å². The van der Waals surface area contributed by atoms with Gasteiger partial charge in [-0.25, -0.2) is 4.79 Å². The number of carbonyl (C=O) groups is 1.